The molecule has 0 spiro atoms. The van der Waals surface area contributed by atoms with Crippen LogP contribution in [0.3, 0.4) is 0 Å². The molecule has 212 valence electrons. The molecule has 0 saturated carbocycles. The topological polar surface area (TPSA) is 148 Å². The number of hydrogen-bond acceptors (Lipinski definition) is 10. The molecule has 0 amide bonds. The van der Waals surface area contributed by atoms with E-state index in [2.05, 4.69) is 10.2 Å². The molecular formula is C27H30N4O8S. The fourth-order valence-electron chi connectivity index (χ4n) is 4.93. The molecule has 1 aromatic carbocycles. The highest BCUT2D eigenvalue weighted by molar-refractivity contribution is 7.22. The van der Waals surface area contributed by atoms with Crippen molar-refractivity contribution in [3.05, 3.63) is 62.6 Å². The lowest BCUT2D eigenvalue weighted by Crippen LogP contribution is -2.52. The maximum absolute atomic E-state index is 14.1. The van der Waals surface area contributed by atoms with E-state index < -0.39 is 28.9 Å². The second-order valence-electron chi connectivity index (χ2n) is 10.1. The average Bonchev–Trinajstić information content (AvgIpc) is 3.59. The van der Waals surface area contributed by atoms with Crippen LogP contribution in [0.15, 0.2) is 44.7 Å². The second kappa shape index (κ2) is 11.0. The van der Waals surface area contributed by atoms with Gasteiger partial charge in [0.25, 0.3) is 11.4 Å². The number of thiophene rings is 1. The molecule has 13 heteroatoms. The minimum absolute atomic E-state index is 0.00767. The van der Waals surface area contributed by atoms with Gasteiger partial charge in [0.2, 0.25) is 6.39 Å². The monoisotopic (exact) mass is 570 g/mol. The van der Waals surface area contributed by atoms with Crippen molar-refractivity contribution in [3.8, 4) is 16.5 Å². The Morgan fingerprint density at radius 2 is 1.98 bits per heavy atom. The van der Waals surface area contributed by atoms with E-state index in [0.717, 1.165) is 21.5 Å². The summed E-state index contributed by atoms with van der Waals surface area (Å²) in [7, 11) is 1.56. The molecule has 0 bridgehead atoms. The van der Waals surface area contributed by atoms with Gasteiger partial charge in [0.15, 0.2) is 0 Å². The van der Waals surface area contributed by atoms with Crippen LogP contribution < -0.4 is 16.0 Å². The van der Waals surface area contributed by atoms with E-state index >= 15 is 0 Å². The van der Waals surface area contributed by atoms with E-state index in [-0.39, 0.29) is 23.9 Å². The molecule has 40 heavy (non-hydrogen) atoms. The molecule has 1 atom stereocenters. The first-order valence-electron chi connectivity index (χ1n) is 12.8. The number of rotatable bonds is 9. The third-order valence-corrected chi connectivity index (χ3v) is 8.51. The largest absolute Gasteiger partial charge is 0.496 e. The molecule has 1 fully saturated rings. The summed E-state index contributed by atoms with van der Waals surface area (Å²) in [6, 6.07) is 7.37. The van der Waals surface area contributed by atoms with Crippen molar-refractivity contribution >= 4 is 27.5 Å². The first kappa shape index (κ1) is 27.7. The van der Waals surface area contributed by atoms with Crippen LogP contribution >= 0.6 is 11.3 Å². The molecule has 1 aliphatic rings. The highest BCUT2D eigenvalue weighted by Gasteiger charge is 2.36. The number of benzene rings is 1. The maximum atomic E-state index is 14.1. The minimum atomic E-state index is -1.83. The quantitative estimate of drug-likeness (QED) is 0.318. The van der Waals surface area contributed by atoms with E-state index in [1.165, 1.54) is 24.8 Å². The fraction of sp³-hybridized carbons (Fsp3) is 0.444. The van der Waals surface area contributed by atoms with E-state index in [4.69, 9.17) is 18.6 Å². The van der Waals surface area contributed by atoms with Crippen molar-refractivity contribution in [1.29, 1.82) is 0 Å². The number of para-hydroxylation sites is 1. The molecule has 5 rings (SSSR count). The van der Waals surface area contributed by atoms with Gasteiger partial charge in [0.05, 0.1) is 30.0 Å². The van der Waals surface area contributed by atoms with Crippen molar-refractivity contribution in [2.45, 2.75) is 57.9 Å². The van der Waals surface area contributed by atoms with Crippen LogP contribution in [0.4, 0.5) is 0 Å². The molecule has 0 radical (unpaired) electrons. The number of carboxylic acid groups (broad SMARTS) is 1. The molecule has 1 N–H and O–H groups in total. The zero-order chi connectivity index (χ0) is 28.6. The summed E-state index contributed by atoms with van der Waals surface area (Å²) >= 11 is 1.16. The molecule has 12 nitrogen and oxygen atoms in total. The highest BCUT2D eigenvalue weighted by Crippen LogP contribution is 2.37. The Bertz CT molecular complexity index is 1650. The van der Waals surface area contributed by atoms with Gasteiger partial charge in [-0.2, -0.15) is 0 Å². The first-order valence-corrected chi connectivity index (χ1v) is 13.6. The lowest BCUT2D eigenvalue weighted by atomic mass is 10.0. The van der Waals surface area contributed by atoms with Crippen LogP contribution in [0.5, 0.6) is 5.75 Å². The summed E-state index contributed by atoms with van der Waals surface area (Å²) < 4.78 is 25.3. The van der Waals surface area contributed by atoms with Gasteiger partial charge in [-0.25, -0.2) is 14.2 Å². The standard InChI is InChI=1S/C27H30N4O8S/c1-15-20-23(32)31(27(2,3)25(33)34)26(35)30(24(20)40-21(15)22-29-28-14-38-22)13-19(39-16-9-11-37-12-10-16)17-7-5-6-8-18(17)36-4/h5-8,14,16,19H,9-13H2,1-4H3,(H,33,34)/t19-/m0/s1. The van der Waals surface area contributed by atoms with E-state index in [1.807, 2.05) is 24.3 Å². The minimum Gasteiger partial charge on any atom is -0.496 e. The van der Waals surface area contributed by atoms with Crippen LogP contribution in [0, 0.1) is 6.92 Å². The van der Waals surface area contributed by atoms with E-state index in [9.17, 15) is 19.5 Å². The third-order valence-electron chi connectivity index (χ3n) is 7.21. The Balaban J connectivity index is 1.76. The Morgan fingerprint density at radius 3 is 2.62 bits per heavy atom. The van der Waals surface area contributed by atoms with Gasteiger partial charge in [-0.1, -0.05) is 18.2 Å². The van der Waals surface area contributed by atoms with Gasteiger partial charge < -0.3 is 23.7 Å². The Kier molecular flexibility index (Phi) is 7.62. The number of aryl methyl sites for hydroxylation is 1. The lowest BCUT2D eigenvalue weighted by Gasteiger charge is -2.30. The van der Waals surface area contributed by atoms with E-state index in [0.29, 0.717) is 47.1 Å². The number of carbonyl (C=O) groups is 1. The van der Waals surface area contributed by atoms with Crippen molar-refractivity contribution in [2.24, 2.45) is 0 Å². The van der Waals surface area contributed by atoms with Crippen molar-refractivity contribution in [2.75, 3.05) is 20.3 Å². The van der Waals surface area contributed by atoms with Crippen LogP contribution in [-0.2, 0) is 26.4 Å². The summed E-state index contributed by atoms with van der Waals surface area (Å²) in [4.78, 5) is 41.0. The second-order valence-corrected chi connectivity index (χ2v) is 11.1. The third kappa shape index (κ3) is 4.84. The van der Waals surface area contributed by atoms with Gasteiger partial charge in [-0.3, -0.25) is 9.36 Å². The number of aromatic nitrogens is 4. The van der Waals surface area contributed by atoms with Crippen LogP contribution in [0.25, 0.3) is 21.0 Å². The van der Waals surface area contributed by atoms with Crippen molar-refractivity contribution in [1.82, 2.24) is 19.3 Å². The zero-order valence-corrected chi connectivity index (χ0v) is 23.4. The van der Waals surface area contributed by atoms with Gasteiger partial charge in [0, 0.05) is 18.8 Å². The number of fused-ring (bicyclic) bond motifs is 1. The van der Waals surface area contributed by atoms with Gasteiger partial charge in [-0.15, -0.1) is 21.5 Å². The maximum Gasteiger partial charge on any atom is 0.333 e. The predicted octanol–water partition coefficient (Wildman–Crippen LogP) is 3.35. The normalized spacial score (nSPS) is 15.4. The van der Waals surface area contributed by atoms with Gasteiger partial charge in [-0.05, 0) is 45.2 Å². The van der Waals surface area contributed by atoms with Crippen LogP contribution in [0.1, 0.15) is 43.9 Å². The Hall–Kier alpha value is -3.81. The molecule has 0 unspecified atom stereocenters. The Morgan fingerprint density at radius 1 is 1.25 bits per heavy atom. The smallest absolute Gasteiger partial charge is 0.333 e. The number of ether oxygens (including phenoxy) is 3. The number of nitrogens with zero attached hydrogens (tertiary/aromatic N) is 4. The van der Waals surface area contributed by atoms with Gasteiger partial charge >= 0.3 is 11.7 Å². The molecule has 4 heterocycles. The zero-order valence-electron chi connectivity index (χ0n) is 22.6. The van der Waals surface area contributed by atoms with Crippen molar-refractivity contribution in [3.63, 3.8) is 0 Å². The summed E-state index contributed by atoms with van der Waals surface area (Å²) in [5.74, 6) is -0.542. The molecule has 0 aliphatic carbocycles. The van der Waals surface area contributed by atoms with Gasteiger partial charge in [0.1, 0.15) is 22.2 Å². The molecule has 1 aliphatic heterocycles. The summed E-state index contributed by atoms with van der Waals surface area (Å²) in [5.41, 5.74) is -2.07. The van der Waals surface area contributed by atoms with E-state index in [1.54, 1.807) is 14.0 Å². The van der Waals surface area contributed by atoms with Crippen LogP contribution in [-0.4, -0.2) is 56.8 Å². The van der Waals surface area contributed by atoms with Crippen LogP contribution in [0.2, 0.25) is 0 Å². The number of carboxylic acids is 1. The van der Waals surface area contributed by atoms with Crippen molar-refractivity contribution < 1.29 is 28.5 Å². The average molecular weight is 571 g/mol. The number of aliphatic carboxylic acids is 1. The summed E-state index contributed by atoms with van der Waals surface area (Å²) in [6.45, 7) is 5.47. The lowest BCUT2D eigenvalue weighted by molar-refractivity contribution is -0.146. The number of hydrogen-bond donors (Lipinski definition) is 1. The predicted molar refractivity (Wildman–Crippen MR) is 146 cm³/mol. The molecule has 3 aromatic heterocycles. The summed E-state index contributed by atoms with van der Waals surface area (Å²) in [5, 5.41) is 17.9. The Labute approximate surface area is 232 Å². The number of methoxy groups -OCH3 is 1. The summed E-state index contributed by atoms with van der Waals surface area (Å²) in [6.07, 6.45) is 1.75. The highest BCUT2D eigenvalue weighted by atomic mass is 32.1. The molecular weight excluding hydrogens is 540 g/mol. The fourth-order valence-corrected chi connectivity index (χ4v) is 6.16. The molecule has 1 saturated heterocycles. The first-order chi connectivity index (χ1) is 19.1. The molecule has 4 aromatic rings. The SMILES string of the molecule is COc1ccccc1[C@H](Cn1c(=O)n(C(C)(C)C(=O)O)c(=O)c2c(C)c(-c3nnco3)sc21)OC1CCOCC1.